The molecule has 7 nitrogen and oxygen atoms in total. The highest BCUT2D eigenvalue weighted by molar-refractivity contribution is 7.92. The van der Waals surface area contributed by atoms with Crippen molar-refractivity contribution < 1.29 is 18.0 Å². The van der Waals surface area contributed by atoms with Gasteiger partial charge in [-0.3, -0.25) is 13.9 Å². The number of sulfonamides is 1. The molecule has 0 spiro atoms. The number of nitrogens with zero attached hydrogens (tertiary/aromatic N) is 2. The highest BCUT2D eigenvalue weighted by Gasteiger charge is 2.34. The summed E-state index contributed by atoms with van der Waals surface area (Å²) in [5, 5.41) is 3.65. The van der Waals surface area contributed by atoms with E-state index in [1.54, 1.807) is 68.4 Å². The van der Waals surface area contributed by atoms with E-state index < -0.39 is 28.5 Å². The summed E-state index contributed by atoms with van der Waals surface area (Å²) in [6.45, 7) is 3.29. The molecule has 0 fully saturated rings. The average molecular weight is 597 g/mol. The van der Waals surface area contributed by atoms with E-state index in [-0.39, 0.29) is 28.1 Å². The molecule has 0 aliphatic carbocycles. The van der Waals surface area contributed by atoms with Crippen LogP contribution >= 0.6 is 34.8 Å². The van der Waals surface area contributed by atoms with E-state index in [4.69, 9.17) is 34.8 Å². The minimum atomic E-state index is -4.20. The van der Waals surface area contributed by atoms with Gasteiger partial charge in [-0.1, -0.05) is 78.1 Å². The Morgan fingerprint density at radius 3 is 2.16 bits per heavy atom. The molecule has 0 heterocycles. The summed E-state index contributed by atoms with van der Waals surface area (Å²) >= 11 is 18.8. The molecule has 0 aliphatic heterocycles. The molecule has 0 saturated carbocycles. The van der Waals surface area contributed by atoms with Crippen molar-refractivity contribution in [3.05, 3.63) is 93.4 Å². The van der Waals surface area contributed by atoms with Crippen LogP contribution in [-0.4, -0.2) is 44.3 Å². The first-order chi connectivity index (χ1) is 18.1. The number of hydrogen-bond donors (Lipinski definition) is 1. The number of para-hydroxylation sites is 1. The molecule has 3 aromatic carbocycles. The van der Waals surface area contributed by atoms with Gasteiger partial charge in [0.05, 0.1) is 15.6 Å². The smallest absolute Gasteiger partial charge is 0.264 e. The van der Waals surface area contributed by atoms with Crippen LogP contribution in [0.1, 0.15) is 25.8 Å². The summed E-state index contributed by atoms with van der Waals surface area (Å²) in [6.07, 6.45) is 0.292. The molecule has 0 aromatic heterocycles. The molecule has 3 aromatic rings. The lowest BCUT2D eigenvalue weighted by atomic mass is 10.1. The summed E-state index contributed by atoms with van der Waals surface area (Å²) in [7, 11) is -4.20. The second-order valence-corrected chi connectivity index (χ2v) is 11.5. The maximum absolute atomic E-state index is 13.9. The normalized spacial score (nSPS) is 12.0. The number of halogens is 3. The Labute approximate surface area is 238 Å². The van der Waals surface area contributed by atoms with Crippen LogP contribution in [0.15, 0.2) is 77.7 Å². The lowest BCUT2D eigenvalue weighted by molar-refractivity contribution is -0.140. The summed E-state index contributed by atoms with van der Waals surface area (Å²) in [4.78, 5) is 28.2. The third kappa shape index (κ3) is 6.99. The lowest BCUT2D eigenvalue weighted by Crippen LogP contribution is -2.52. The van der Waals surface area contributed by atoms with Crippen LogP contribution in [0, 0.1) is 0 Å². The number of hydrogen-bond acceptors (Lipinski definition) is 4. The maximum atomic E-state index is 13.9. The Bertz CT molecular complexity index is 1390. The van der Waals surface area contributed by atoms with Crippen molar-refractivity contribution in [3.8, 4) is 0 Å². The maximum Gasteiger partial charge on any atom is 0.264 e. The van der Waals surface area contributed by atoms with Crippen LogP contribution < -0.4 is 9.62 Å². The van der Waals surface area contributed by atoms with Crippen molar-refractivity contribution in [2.45, 2.75) is 37.8 Å². The highest BCUT2D eigenvalue weighted by Crippen LogP contribution is 2.31. The SMILES string of the molecule is CCNC(=O)[C@H](CC)N(Cc1ccc(Cl)cc1Cl)C(=O)CN(c1ccccc1Cl)S(=O)(=O)c1ccccc1. The molecule has 38 heavy (non-hydrogen) atoms. The minimum Gasteiger partial charge on any atom is -0.355 e. The van der Waals surface area contributed by atoms with Crippen molar-refractivity contribution in [2.75, 3.05) is 17.4 Å². The molecule has 202 valence electrons. The van der Waals surface area contributed by atoms with Crippen LogP contribution in [0.2, 0.25) is 15.1 Å². The van der Waals surface area contributed by atoms with Gasteiger partial charge in [0, 0.05) is 23.1 Å². The van der Waals surface area contributed by atoms with E-state index in [1.807, 2.05) is 0 Å². The van der Waals surface area contributed by atoms with Gasteiger partial charge in [-0.05, 0) is 55.3 Å². The highest BCUT2D eigenvalue weighted by atomic mass is 35.5. The van der Waals surface area contributed by atoms with E-state index in [0.29, 0.717) is 28.6 Å². The van der Waals surface area contributed by atoms with Gasteiger partial charge in [0.25, 0.3) is 10.0 Å². The molecular formula is C27H28Cl3N3O4S. The third-order valence-electron chi connectivity index (χ3n) is 5.82. The first-order valence-electron chi connectivity index (χ1n) is 11.9. The molecule has 0 unspecified atom stereocenters. The van der Waals surface area contributed by atoms with E-state index >= 15 is 0 Å². The van der Waals surface area contributed by atoms with Gasteiger partial charge in [-0.15, -0.1) is 0 Å². The predicted molar refractivity (Wildman–Crippen MR) is 152 cm³/mol. The summed E-state index contributed by atoms with van der Waals surface area (Å²) in [5.41, 5.74) is 0.698. The van der Waals surface area contributed by atoms with Gasteiger partial charge in [0.1, 0.15) is 12.6 Å². The second kappa shape index (κ2) is 13.3. The fraction of sp³-hybridized carbons (Fsp3) is 0.259. The van der Waals surface area contributed by atoms with Gasteiger partial charge in [-0.25, -0.2) is 8.42 Å². The molecule has 1 atom stereocenters. The fourth-order valence-electron chi connectivity index (χ4n) is 3.93. The largest absolute Gasteiger partial charge is 0.355 e. The van der Waals surface area contributed by atoms with Crippen LogP contribution in [0.25, 0.3) is 0 Å². The van der Waals surface area contributed by atoms with Gasteiger partial charge in [0.15, 0.2) is 0 Å². The quantitative estimate of drug-likeness (QED) is 0.304. The minimum absolute atomic E-state index is 0.00390. The molecule has 0 radical (unpaired) electrons. The zero-order chi connectivity index (χ0) is 27.9. The van der Waals surface area contributed by atoms with Crippen molar-refractivity contribution in [1.82, 2.24) is 10.2 Å². The van der Waals surface area contributed by atoms with Gasteiger partial charge >= 0.3 is 0 Å². The molecule has 11 heteroatoms. The Morgan fingerprint density at radius 1 is 0.895 bits per heavy atom. The number of rotatable bonds is 11. The third-order valence-corrected chi connectivity index (χ3v) is 8.50. The molecular weight excluding hydrogens is 569 g/mol. The number of carbonyl (C=O) groups is 2. The van der Waals surface area contributed by atoms with Crippen LogP contribution in [0.5, 0.6) is 0 Å². The number of nitrogens with one attached hydrogen (secondary N) is 1. The lowest BCUT2D eigenvalue weighted by Gasteiger charge is -2.33. The Morgan fingerprint density at radius 2 is 1.55 bits per heavy atom. The van der Waals surface area contributed by atoms with Crippen LogP contribution in [0.4, 0.5) is 5.69 Å². The van der Waals surface area contributed by atoms with E-state index in [1.165, 1.54) is 23.1 Å². The van der Waals surface area contributed by atoms with Crippen molar-refractivity contribution in [1.29, 1.82) is 0 Å². The van der Waals surface area contributed by atoms with Crippen LogP contribution in [0.3, 0.4) is 0 Å². The molecule has 2 amide bonds. The Hall–Kier alpha value is -2.78. The zero-order valence-electron chi connectivity index (χ0n) is 20.9. The Kier molecular flexibility index (Phi) is 10.4. The first-order valence-corrected chi connectivity index (χ1v) is 14.5. The van der Waals surface area contributed by atoms with Crippen LogP contribution in [-0.2, 0) is 26.2 Å². The predicted octanol–water partition coefficient (Wildman–Crippen LogP) is 5.79. The summed E-state index contributed by atoms with van der Waals surface area (Å²) in [5.74, 6) is -0.961. The summed E-state index contributed by atoms with van der Waals surface area (Å²) in [6, 6.07) is 18.1. The number of likely N-dealkylation sites (N-methyl/N-ethyl adjacent to an activating group) is 1. The average Bonchev–Trinajstić information content (AvgIpc) is 2.89. The Balaban J connectivity index is 2.08. The van der Waals surface area contributed by atoms with Crippen molar-refractivity contribution in [3.63, 3.8) is 0 Å². The molecule has 0 saturated heterocycles. The van der Waals surface area contributed by atoms with E-state index in [2.05, 4.69) is 5.32 Å². The monoisotopic (exact) mass is 595 g/mol. The molecule has 3 rings (SSSR count). The molecule has 1 N–H and O–H groups in total. The number of benzene rings is 3. The van der Waals surface area contributed by atoms with Crippen molar-refractivity contribution >= 4 is 62.3 Å². The first kappa shape index (κ1) is 29.8. The topological polar surface area (TPSA) is 86.8 Å². The molecule has 0 aliphatic rings. The number of anilines is 1. The van der Waals surface area contributed by atoms with Gasteiger partial charge in [0.2, 0.25) is 11.8 Å². The van der Waals surface area contributed by atoms with Gasteiger partial charge < -0.3 is 10.2 Å². The number of carbonyl (C=O) groups excluding carboxylic acids is 2. The van der Waals surface area contributed by atoms with Gasteiger partial charge in [-0.2, -0.15) is 0 Å². The van der Waals surface area contributed by atoms with Crippen molar-refractivity contribution in [2.24, 2.45) is 0 Å². The number of amides is 2. The zero-order valence-corrected chi connectivity index (χ0v) is 24.0. The van der Waals surface area contributed by atoms with E-state index in [9.17, 15) is 18.0 Å². The second-order valence-electron chi connectivity index (χ2n) is 8.35. The standard InChI is InChI=1S/C27H28Cl3N3O4S/c1-3-24(27(35)31-4-2)32(17-19-14-15-20(28)16-23(19)30)26(34)18-33(25-13-9-8-12-22(25)29)38(36,37)21-10-6-5-7-11-21/h5-16,24H,3-4,17-18H2,1-2H3,(H,31,35)/t24-/m0/s1. The summed E-state index contributed by atoms with van der Waals surface area (Å²) < 4.78 is 28.5. The fourth-order valence-corrected chi connectivity index (χ4v) is 6.14. The molecule has 0 bridgehead atoms. The van der Waals surface area contributed by atoms with E-state index in [0.717, 1.165) is 4.31 Å².